The molecule has 2 heterocycles. The molecule has 1 amide bonds. The maximum absolute atomic E-state index is 12.1. The summed E-state index contributed by atoms with van der Waals surface area (Å²) in [6.07, 6.45) is 2.54. The maximum Gasteiger partial charge on any atom is 0.259 e. The molecule has 1 aliphatic rings. The number of rotatable bonds is 5. The minimum atomic E-state index is -3.66. The zero-order valence-electron chi connectivity index (χ0n) is 13.4. The summed E-state index contributed by atoms with van der Waals surface area (Å²) >= 11 is 0. The predicted molar refractivity (Wildman–Crippen MR) is 89.1 cm³/mol. The number of hydrogen-bond donors (Lipinski definition) is 2. The van der Waals surface area contributed by atoms with Crippen LogP contribution in [0, 0.1) is 6.92 Å². The molecule has 1 fully saturated rings. The van der Waals surface area contributed by atoms with Crippen molar-refractivity contribution in [3.8, 4) is 0 Å². The lowest BCUT2D eigenvalue weighted by Crippen LogP contribution is -2.36. The van der Waals surface area contributed by atoms with Crippen molar-refractivity contribution in [2.45, 2.75) is 24.8 Å². The van der Waals surface area contributed by atoms with Crippen molar-refractivity contribution < 1.29 is 13.2 Å². The smallest absolute Gasteiger partial charge is 0.259 e. The molecule has 0 radical (unpaired) electrons. The van der Waals surface area contributed by atoms with E-state index in [-0.39, 0.29) is 36.3 Å². The van der Waals surface area contributed by atoms with Gasteiger partial charge >= 0.3 is 0 Å². The molecule has 23 heavy (non-hydrogen) atoms. The number of aryl methyl sites for hydroxylation is 2. The van der Waals surface area contributed by atoms with E-state index in [1.807, 2.05) is 0 Å². The summed E-state index contributed by atoms with van der Waals surface area (Å²) in [5.74, 6) is 0.595. The molecular weight excluding hydrogens is 342 g/mol. The van der Waals surface area contributed by atoms with Crippen molar-refractivity contribution in [2.75, 3.05) is 32.7 Å². The Hall–Kier alpha value is -1.16. The second-order valence-electron chi connectivity index (χ2n) is 5.37. The molecule has 0 aliphatic carbocycles. The Morgan fingerprint density at radius 1 is 1.39 bits per heavy atom. The van der Waals surface area contributed by atoms with E-state index in [1.54, 1.807) is 23.4 Å². The number of imidazole rings is 1. The molecule has 1 aromatic rings. The van der Waals surface area contributed by atoms with Gasteiger partial charge in [0.15, 0.2) is 5.03 Å². The molecule has 1 saturated heterocycles. The topological polar surface area (TPSA) is 96.3 Å². The summed E-state index contributed by atoms with van der Waals surface area (Å²) in [6, 6.07) is 0. The van der Waals surface area contributed by atoms with Gasteiger partial charge in [0, 0.05) is 45.8 Å². The van der Waals surface area contributed by atoms with Gasteiger partial charge in [-0.05, 0) is 19.9 Å². The van der Waals surface area contributed by atoms with E-state index in [2.05, 4.69) is 15.0 Å². The monoisotopic (exact) mass is 365 g/mol. The number of aromatic nitrogens is 2. The van der Waals surface area contributed by atoms with Gasteiger partial charge in [0.2, 0.25) is 5.91 Å². The van der Waals surface area contributed by atoms with Crippen LogP contribution in [0.2, 0.25) is 0 Å². The Balaban J connectivity index is 0.00000264. The zero-order valence-corrected chi connectivity index (χ0v) is 15.0. The highest BCUT2D eigenvalue weighted by molar-refractivity contribution is 7.89. The van der Waals surface area contributed by atoms with Gasteiger partial charge in [0.1, 0.15) is 5.82 Å². The van der Waals surface area contributed by atoms with Gasteiger partial charge in [-0.2, -0.15) is 0 Å². The van der Waals surface area contributed by atoms with Crippen molar-refractivity contribution >= 4 is 28.3 Å². The van der Waals surface area contributed by atoms with Gasteiger partial charge in [0.05, 0.1) is 0 Å². The molecule has 0 bridgehead atoms. The standard InChI is InChI=1S/C13H23N5O3S.ClH/c1-11-16-12(10-17(11)2)22(20,21)15-6-4-13(19)18-8-3-5-14-7-9-18;/h10,14-15H,3-9H2,1-2H3;1H. The van der Waals surface area contributed by atoms with E-state index in [1.165, 1.54) is 6.20 Å². The fourth-order valence-corrected chi connectivity index (χ4v) is 3.34. The lowest BCUT2D eigenvalue weighted by Gasteiger charge is -2.19. The number of nitrogens with one attached hydrogen (secondary N) is 2. The first kappa shape index (κ1) is 19.9. The van der Waals surface area contributed by atoms with E-state index in [0.717, 1.165) is 26.1 Å². The number of carbonyl (C=O) groups is 1. The van der Waals surface area contributed by atoms with Crippen LogP contribution in [0.3, 0.4) is 0 Å². The molecule has 10 heteroatoms. The van der Waals surface area contributed by atoms with Crippen LogP contribution in [-0.4, -0.2) is 61.5 Å². The van der Waals surface area contributed by atoms with Crippen LogP contribution in [-0.2, 0) is 21.9 Å². The summed E-state index contributed by atoms with van der Waals surface area (Å²) in [7, 11) is -1.93. The average molecular weight is 366 g/mol. The molecule has 0 atom stereocenters. The Morgan fingerprint density at radius 3 is 2.78 bits per heavy atom. The van der Waals surface area contributed by atoms with Crippen LogP contribution in [0.25, 0.3) is 0 Å². The summed E-state index contributed by atoms with van der Waals surface area (Å²) in [5.41, 5.74) is 0. The fourth-order valence-electron chi connectivity index (χ4n) is 2.28. The molecular formula is C13H24ClN5O3S. The fraction of sp³-hybridized carbons (Fsp3) is 0.692. The lowest BCUT2D eigenvalue weighted by molar-refractivity contribution is -0.130. The SMILES string of the molecule is Cc1nc(S(=O)(=O)NCCC(=O)N2CCCNCC2)cn1C.Cl. The van der Waals surface area contributed by atoms with Crippen LogP contribution in [0.15, 0.2) is 11.2 Å². The quantitative estimate of drug-likeness (QED) is 0.743. The molecule has 0 aromatic carbocycles. The largest absolute Gasteiger partial charge is 0.341 e. The maximum atomic E-state index is 12.1. The molecule has 2 N–H and O–H groups in total. The summed E-state index contributed by atoms with van der Waals surface area (Å²) in [6.45, 7) is 4.90. The summed E-state index contributed by atoms with van der Waals surface area (Å²) in [4.78, 5) is 17.8. The van der Waals surface area contributed by atoms with Crippen LogP contribution in [0.4, 0.5) is 0 Å². The van der Waals surface area contributed by atoms with E-state index >= 15 is 0 Å². The number of halogens is 1. The first-order chi connectivity index (χ1) is 10.4. The van der Waals surface area contributed by atoms with Gasteiger partial charge in [-0.3, -0.25) is 4.79 Å². The van der Waals surface area contributed by atoms with Crippen LogP contribution in [0.5, 0.6) is 0 Å². The Morgan fingerprint density at radius 2 is 2.13 bits per heavy atom. The Labute approximate surface area is 143 Å². The summed E-state index contributed by atoms with van der Waals surface area (Å²) < 4.78 is 28.3. The third-order valence-corrected chi connectivity index (χ3v) is 5.02. The molecule has 2 rings (SSSR count). The third kappa shape index (κ3) is 5.45. The molecule has 132 valence electrons. The first-order valence-electron chi connectivity index (χ1n) is 7.38. The second-order valence-corrected chi connectivity index (χ2v) is 7.08. The Kier molecular flexibility index (Phi) is 7.46. The van der Waals surface area contributed by atoms with Gasteiger partial charge in [-0.15, -0.1) is 12.4 Å². The number of sulfonamides is 1. The first-order valence-corrected chi connectivity index (χ1v) is 8.86. The minimum Gasteiger partial charge on any atom is -0.341 e. The Bertz CT molecular complexity index is 604. The zero-order chi connectivity index (χ0) is 16.2. The molecule has 8 nitrogen and oxygen atoms in total. The van der Waals surface area contributed by atoms with E-state index in [9.17, 15) is 13.2 Å². The van der Waals surface area contributed by atoms with Crippen molar-refractivity contribution in [3.05, 3.63) is 12.0 Å². The number of carbonyl (C=O) groups excluding carboxylic acids is 1. The van der Waals surface area contributed by atoms with Crippen LogP contribution in [0.1, 0.15) is 18.7 Å². The van der Waals surface area contributed by atoms with Crippen molar-refractivity contribution in [1.82, 2.24) is 24.5 Å². The molecule has 0 unspecified atom stereocenters. The number of hydrogen-bond acceptors (Lipinski definition) is 5. The number of nitrogens with zero attached hydrogens (tertiary/aromatic N) is 3. The molecule has 1 aliphatic heterocycles. The van der Waals surface area contributed by atoms with Crippen LogP contribution >= 0.6 is 12.4 Å². The summed E-state index contributed by atoms with van der Waals surface area (Å²) in [5, 5.41) is 3.21. The second kappa shape index (κ2) is 8.62. The van der Waals surface area contributed by atoms with Crippen LogP contribution < -0.4 is 10.0 Å². The van der Waals surface area contributed by atoms with Gasteiger partial charge < -0.3 is 14.8 Å². The average Bonchev–Trinajstić information content (AvgIpc) is 2.69. The van der Waals surface area contributed by atoms with Crippen molar-refractivity contribution in [2.24, 2.45) is 7.05 Å². The highest BCUT2D eigenvalue weighted by Gasteiger charge is 2.20. The molecule has 1 aromatic heterocycles. The molecule has 0 saturated carbocycles. The highest BCUT2D eigenvalue weighted by atomic mass is 35.5. The minimum absolute atomic E-state index is 0. The van der Waals surface area contributed by atoms with E-state index < -0.39 is 10.0 Å². The molecule has 0 spiro atoms. The van der Waals surface area contributed by atoms with E-state index in [0.29, 0.717) is 12.4 Å². The normalized spacial score (nSPS) is 15.8. The van der Waals surface area contributed by atoms with Gasteiger partial charge in [-0.25, -0.2) is 18.1 Å². The lowest BCUT2D eigenvalue weighted by atomic mass is 10.3. The van der Waals surface area contributed by atoms with Gasteiger partial charge in [-0.1, -0.05) is 0 Å². The van der Waals surface area contributed by atoms with Gasteiger partial charge in [0.25, 0.3) is 10.0 Å². The highest BCUT2D eigenvalue weighted by Crippen LogP contribution is 2.07. The number of amides is 1. The predicted octanol–water partition coefficient (Wildman–Crippen LogP) is -0.359. The van der Waals surface area contributed by atoms with Crippen molar-refractivity contribution in [3.63, 3.8) is 0 Å². The van der Waals surface area contributed by atoms with E-state index in [4.69, 9.17) is 0 Å². The van der Waals surface area contributed by atoms with Crippen molar-refractivity contribution in [1.29, 1.82) is 0 Å². The third-order valence-electron chi connectivity index (χ3n) is 3.69.